The molecule has 0 saturated carbocycles. The number of ether oxygens (including phenoxy) is 1. The molecule has 2 unspecified atom stereocenters. The number of rotatable bonds is 7. The van der Waals surface area contributed by atoms with Crippen LogP contribution in [0, 0.1) is 0 Å². The van der Waals surface area contributed by atoms with Gasteiger partial charge in [-0.05, 0) is 20.8 Å². The number of aliphatic hydroxyl groups excluding tert-OH is 3. The molecule has 0 aromatic heterocycles. The third-order valence-electron chi connectivity index (χ3n) is 1.73. The van der Waals surface area contributed by atoms with E-state index in [0.717, 1.165) is 0 Å². The Hall–Kier alpha value is -0.890. The standard InChI is InChI=1S/C10H20O7/c1-7(12)4-10(2,3)17-16-9(14)15-6-8(13)5-11/h7-8,11-13H,4-6H2,1-3H3. The average molecular weight is 252 g/mol. The molecule has 0 fully saturated rings. The average Bonchev–Trinajstić information content (AvgIpc) is 2.21. The Kier molecular flexibility index (Phi) is 7.05. The number of carbonyl (C=O) groups excluding carboxylic acids is 1. The van der Waals surface area contributed by atoms with Crippen LogP contribution >= 0.6 is 0 Å². The zero-order valence-electron chi connectivity index (χ0n) is 10.3. The fourth-order valence-electron chi connectivity index (χ4n) is 1.13. The molecular formula is C10H20O7. The second-order valence-corrected chi connectivity index (χ2v) is 4.38. The normalized spacial score (nSPS) is 15.2. The molecule has 0 aliphatic heterocycles. The van der Waals surface area contributed by atoms with Gasteiger partial charge >= 0.3 is 6.16 Å². The van der Waals surface area contributed by atoms with Crippen LogP contribution in [0.3, 0.4) is 0 Å². The van der Waals surface area contributed by atoms with Gasteiger partial charge in [-0.25, -0.2) is 4.79 Å². The van der Waals surface area contributed by atoms with E-state index in [0.29, 0.717) is 0 Å². The summed E-state index contributed by atoms with van der Waals surface area (Å²) in [7, 11) is 0. The van der Waals surface area contributed by atoms with Crippen molar-refractivity contribution in [1.29, 1.82) is 0 Å². The minimum Gasteiger partial charge on any atom is -0.429 e. The lowest BCUT2D eigenvalue weighted by molar-refractivity contribution is -0.322. The maximum atomic E-state index is 11.0. The Bertz CT molecular complexity index is 227. The lowest BCUT2D eigenvalue weighted by Crippen LogP contribution is -2.31. The van der Waals surface area contributed by atoms with Crippen LogP contribution < -0.4 is 0 Å². The summed E-state index contributed by atoms with van der Waals surface area (Å²) in [5.74, 6) is 0. The first-order valence-electron chi connectivity index (χ1n) is 5.26. The molecule has 0 heterocycles. The molecule has 0 radical (unpaired) electrons. The quantitative estimate of drug-likeness (QED) is 0.332. The highest BCUT2D eigenvalue weighted by Crippen LogP contribution is 2.17. The summed E-state index contributed by atoms with van der Waals surface area (Å²) in [6.45, 7) is 3.96. The van der Waals surface area contributed by atoms with E-state index < -0.39 is 30.6 Å². The SMILES string of the molecule is CC(O)CC(C)(C)OOC(=O)OCC(O)CO. The summed E-state index contributed by atoms with van der Waals surface area (Å²) >= 11 is 0. The Morgan fingerprint density at radius 3 is 2.41 bits per heavy atom. The maximum absolute atomic E-state index is 11.0. The van der Waals surface area contributed by atoms with Gasteiger partial charge in [0.15, 0.2) is 0 Å². The molecule has 0 saturated heterocycles. The van der Waals surface area contributed by atoms with Gasteiger partial charge in [-0.1, -0.05) is 0 Å². The van der Waals surface area contributed by atoms with Crippen LogP contribution in [0.5, 0.6) is 0 Å². The van der Waals surface area contributed by atoms with Crippen LogP contribution in [0.2, 0.25) is 0 Å². The van der Waals surface area contributed by atoms with Crippen molar-refractivity contribution in [1.82, 2.24) is 0 Å². The molecule has 0 bridgehead atoms. The van der Waals surface area contributed by atoms with E-state index in [2.05, 4.69) is 9.62 Å². The summed E-state index contributed by atoms with van der Waals surface area (Å²) in [4.78, 5) is 20.1. The first-order chi connectivity index (χ1) is 7.76. The zero-order chi connectivity index (χ0) is 13.5. The predicted octanol–water partition coefficient (Wildman–Crippen LogP) is -0.0261. The summed E-state index contributed by atoms with van der Waals surface area (Å²) in [5.41, 5.74) is -0.844. The molecule has 7 nitrogen and oxygen atoms in total. The number of hydrogen-bond acceptors (Lipinski definition) is 7. The Morgan fingerprint density at radius 1 is 1.35 bits per heavy atom. The third kappa shape index (κ3) is 8.87. The molecule has 0 aliphatic rings. The van der Waals surface area contributed by atoms with E-state index >= 15 is 0 Å². The van der Waals surface area contributed by atoms with Gasteiger partial charge in [0.25, 0.3) is 0 Å². The summed E-state index contributed by atoms with van der Waals surface area (Å²) in [6.07, 6.45) is -2.58. The van der Waals surface area contributed by atoms with Gasteiger partial charge in [0.1, 0.15) is 18.3 Å². The molecular weight excluding hydrogens is 232 g/mol. The van der Waals surface area contributed by atoms with Crippen LogP contribution in [0.1, 0.15) is 27.2 Å². The number of aliphatic hydroxyl groups is 3. The van der Waals surface area contributed by atoms with Crippen LogP contribution in [0.4, 0.5) is 4.79 Å². The summed E-state index contributed by atoms with van der Waals surface area (Å²) in [6, 6.07) is 0. The van der Waals surface area contributed by atoms with Crippen LogP contribution in [-0.2, 0) is 14.5 Å². The topological polar surface area (TPSA) is 105 Å². The molecule has 3 N–H and O–H groups in total. The van der Waals surface area contributed by atoms with E-state index in [1.807, 2.05) is 0 Å². The highest BCUT2D eigenvalue weighted by molar-refractivity contribution is 5.58. The Labute approximate surface area is 99.8 Å². The third-order valence-corrected chi connectivity index (χ3v) is 1.73. The van der Waals surface area contributed by atoms with Crippen LogP contribution in [0.15, 0.2) is 0 Å². The van der Waals surface area contributed by atoms with Gasteiger partial charge in [-0.2, -0.15) is 4.89 Å². The highest BCUT2D eigenvalue weighted by Gasteiger charge is 2.25. The largest absolute Gasteiger partial charge is 0.540 e. The van der Waals surface area contributed by atoms with Gasteiger partial charge in [0.05, 0.1) is 12.7 Å². The van der Waals surface area contributed by atoms with E-state index in [-0.39, 0.29) is 13.0 Å². The molecule has 7 heteroatoms. The van der Waals surface area contributed by atoms with Crippen molar-refractivity contribution in [2.75, 3.05) is 13.2 Å². The van der Waals surface area contributed by atoms with Gasteiger partial charge in [0.2, 0.25) is 0 Å². The predicted molar refractivity (Wildman–Crippen MR) is 57.0 cm³/mol. The molecule has 0 spiro atoms. The van der Waals surface area contributed by atoms with Crippen molar-refractivity contribution < 1.29 is 34.6 Å². The van der Waals surface area contributed by atoms with Gasteiger partial charge < -0.3 is 20.1 Å². The first-order valence-corrected chi connectivity index (χ1v) is 5.26. The molecule has 0 amide bonds. The lowest BCUT2D eigenvalue weighted by Gasteiger charge is -2.23. The number of carbonyl (C=O) groups is 1. The Balaban J connectivity index is 3.83. The van der Waals surface area contributed by atoms with Gasteiger partial charge in [-0.3, -0.25) is 4.89 Å². The van der Waals surface area contributed by atoms with Crippen molar-refractivity contribution in [2.24, 2.45) is 0 Å². The van der Waals surface area contributed by atoms with Crippen molar-refractivity contribution in [3.05, 3.63) is 0 Å². The lowest BCUT2D eigenvalue weighted by atomic mass is 10.0. The van der Waals surface area contributed by atoms with Crippen LogP contribution in [-0.4, -0.2) is 52.5 Å². The first kappa shape index (κ1) is 16.1. The van der Waals surface area contributed by atoms with Crippen molar-refractivity contribution >= 4 is 6.16 Å². The molecule has 0 aromatic carbocycles. The summed E-state index contributed by atoms with van der Waals surface area (Å²) < 4.78 is 4.44. The smallest absolute Gasteiger partial charge is 0.429 e. The summed E-state index contributed by atoms with van der Waals surface area (Å²) in [5, 5.41) is 26.5. The minimum atomic E-state index is -1.15. The van der Waals surface area contributed by atoms with E-state index in [9.17, 15) is 4.79 Å². The fourth-order valence-corrected chi connectivity index (χ4v) is 1.13. The highest BCUT2D eigenvalue weighted by atomic mass is 17.2. The molecule has 0 aliphatic carbocycles. The van der Waals surface area contributed by atoms with Gasteiger partial charge in [-0.15, -0.1) is 0 Å². The molecule has 2 atom stereocenters. The zero-order valence-corrected chi connectivity index (χ0v) is 10.3. The monoisotopic (exact) mass is 252 g/mol. The molecule has 102 valence electrons. The maximum Gasteiger partial charge on any atom is 0.540 e. The van der Waals surface area contributed by atoms with E-state index in [1.54, 1.807) is 20.8 Å². The van der Waals surface area contributed by atoms with Crippen molar-refractivity contribution in [3.63, 3.8) is 0 Å². The van der Waals surface area contributed by atoms with Crippen molar-refractivity contribution in [3.8, 4) is 0 Å². The second-order valence-electron chi connectivity index (χ2n) is 4.38. The molecule has 0 aromatic rings. The number of hydrogen-bond donors (Lipinski definition) is 3. The van der Waals surface area contributed by atoms with E-state index in [1.165, 1.54) is 0 Å². The van der Waals surface area contributed by atoms with E-state index in [4.69, 9.17) is 20.2 Å². The minimum absolute atomic E-state index is 0.277. The molecule has 17 heavy (non-hydrogen) atoms. The fraction of sp³-hybridized carbons (Fsp3) is 0.900. The van der Waals surface area contributed by atoms with Gasteiger partial charge in [0, 0.05) is 6.42 Å². The Morgan fingerprint density at radius 2 is 1.94 bits per heavy atom. The second kappa shape index (κ2) is 7.44. The van der Waals surface area contributed by atoms with Crippen LogP contribution in [0.25, 0.3) is 0 Å². The molecule has 0 rings (SSSR count). The van der Waals surface area contributed by atoms with Crippen molar-refractivity contribution in [2.45, 2.75) is 45.0 Å².